The van der Waals surface area contributed by atoms with Crippen molar-refractivity contribution >= 4 is 0 Å². The van der Waals surface area contributed by atoms with Gasteiger partial charge >= 0.3 is 12.4 Å². The van der Waals surface area contributed by atoms with Crippen LogP contribution in [0.3, 0.4) is 0 Å². The predicted octanol–water partition coefficient (Wildman–Crippen LogP) is 7.44. The molecule has 0 aromatic heterocycles. The molecule has 2 atom stereocenters. The molecule has 2 aromatic carbocycles. The molecule has 0 saturated heterocycles. The molecule has 8 heteroatoms. The molecule has 0 aliphatic carbocycles. The third-order valence-electron chi connectivity index (χ3n) is 6.29. The van der Waals surface area contributed by atoms with Crippen LogP contribution in [0.4, 0.5) is 26.3 Å². The molecule has 0 saturated carbocycles. The van der Waals surface area contributed by atoms with E-state index in [0.717, 1.165) is 11.6 Å². The van der Waals surface area contributed by atoms with Crippen LogP contribution in [0.2, 0.25) is 0 Å². The molecule has 0 aliphatic rings. The summed E-state index contributed by atoms with van der Waals surface area (Å²) in [6.07, 6.45) is -9.94. The zero-order valence-corrected chi connectivity index (χ0v) is 19.1. The van der Waals surface area contributed by atoms with Crippen LogP contribution in [0, 0.1) is 17.2 Å². The van der Waals surface area contributed by atoms with E-state index < -0.39 is 40.4 Å². The van der Waals surface area contributed by atoms with Gasteiger partial charge in [-0.2, -0.15) is 31.6 Å². The maximum absolute atomic E-state index is 13.8. The van der Waals surface area contributed by atoms with E-state index in [1.165, 1.54) is 13.8 Å². The van der Waals surface area contributed by atoms with Gasteiger partial charge in [-0.25, -0.2) is 0 Å². The van der Waals surface area contributed by atoms with Gasteiger partial charge in [-0.3, -0.25) is 4.90 Å². The minimum Gasteiger partial charge on any atom is -0.299 e. The highest BCUT2D eigenvalue weighted by Gasteiger charge is 2.49. The lowest BCUT2D eigenvalue weighted by atomic mass is 9.66. The van der Waals surface area contributed by atoms with Gasteiger partial charge in [0.2, 0.25) is 0 Å². The largest absolute Gasteiger partial charge is 0.416 e. The summed E-state index contributed by atoms with van der Waals surface area (Å²) in [6.45, 7) is 5.41. The van der Waals surface area contributed by atoms with Crippen LogP contribution >= 0.6 is 0 Å². The van der Waals surface area contributed by atoms with E-state index in [9.17, 15) is 31.6 Å². The quantitative estimate of drug-likeness (QED) is 0.375. The van der Waals surface area contributed by atoms with Crippen molar-refractivity contribution in [3.8, 4) is 6.07 Å². The molecule has 0 radical (unpaired) electrons. The molecule has 0 amide bonds. The fourth-order valence-electron chi connectivity index (χ4n) is 4.13. The van der Waals surface area contributed by atoms with Crippen molar-refractivity contribution < 1.29 is 26.3 Å². The zero-order chi connectivity index (χ0) is 25.0. The number of hydrogen-bond donors (Lipinski definition) is 0. The molecule has 0 N–H and O–H groups in total. The third-order valence-corrected chi connectivity index (χ3v) is 6.29. The molecule has 0 heterocycles. The molecule has 2 unspecified atom stereocenters. The molecular formula is C25H28F6N2. The molecule has 33 heavy (non-hydrogen) atoms. The Morgan fingerprint density at radius 3 is 1.79 bits per heavy atom. The summed E-state index contributed by atoms with van der Waals surface area (Å²) in [6, 6.07) is 13.2. The number of alkyl halides is 6. The highest BCUT2D eigenvalue weighted by molar-refractivity contribution is 5.48. The van der Waals surface area contributed by atoms with Gasteiger partial charge in [0.25, 0.3) is 0 Å². The lowest BCUT2D eigenvalue weighted by molar-refractivity contribution is -0.145. The predicted molar refractivity (Wildman–Crippen MR) is 115 cm³/mol. The Morgan fingerprint density at radius 1 is 0.848 bits per heavy atom. The van der Waals surface area contributed by atoms with Crippen LogP contribution in [0.15, 0.2) is 48.5 Å². The topological polar surface area (TPSA) is 27.0 Å². The maximum Gasteiger partial charge on any atom is 0.416 e. The Kier molecular flexibility index (Phi) is 8.23. The van der Waals surface area contributed by atoms with E-state index in [0.29, 0.717) is 18.7 Å². The first kappa shape index (κ1) is 26.7. The van der Waals surface area contributed by atoms with E-state index in [1.54, 1.807) is 0 Å². The molecular weight excluding hydrogens is 442 g/mol. The fourth-order valence-corrected chi connectivity index (χ4v) is 4.13. The van der Waals surface area contributed by atoms with Crippen LogP contribution in [-0.4, -0.2) is 18.0 Å². The van der Waals surface area contributed by atoms with Crippen LogP contribution < -0.4 is 0 Å². The van der Waals surface area contributed by atoms with Gasteiger partial charge in [0.15, 0.2) is 0 Å². The van der Waals surface area contributed by atoms with Gasteiger partial charge in [-0.15, -0.1) is 0 Å². The zero-order valence-electron chi connectivity index (χ0n) is 19.1. The minimum atomic E-state index is -5.02. The minimum absolute atomic E-state index is 0.141. The number of hydrogen-bond acceptors (Lipinski definition) is 2. The van der Waals surface area contributed by atoms with Gasteiger partial charge in [0.1, 0.15) is 0 Å². The maximum atomic E-state index is 13.8. The average molecular weight is 471 g/mol. The Morgan fingerprint density at radius 2 is 1.36 bits per heavy atom. The highest BCUT2D eigenvalue weighted by Crippen LogP contribution is 2.49. The lowest BCUT2D eigenvalue weighted by Gasteiger charge is -2.37. The van der Waals surface area contributed by atoms with Gasteiger partial charge in [-0.1, -0.05) is 50.2 Å². The third kappa shape index (κ3) is 6.08. The SMILES string of the molecule is CC(CCC(C#N)(c1c(C(F)(F)F)cccc1C(F)(F)F)C(C)C)N(C)Cc1ccccc1. The lowest BCUT2D eigenvalue weighted by Crippen LogP contribution is -2.38. The van der Waals surface area contributed by atoms with Gasteiger partial charge in [0.05, 0.1) is 22.6 Å². The molecule has 0 fully saturated rings. The Hall–Kier alpha value is -2.53. The summed E-state index contributed by atoms with van der Waals surface area (Å²) in [4.78, 5) is 1.97. The van der Waals surface area contributed by atoms with Crippen molar-refractivity contribution in [2.24, 2.45) is 5.92 Å². The Labute approximate surface area is 190 Å². The van der Waals surface area contributed by atoms with Crippen LogP contribution in [0.1, 0.15) is 55.9 Å². The monoisotopic (exact) mass is 470 g/mol. The summed E-state index contributed by atoms with van der Waals surface area (Å²) in [7, 11) is 1.84. The van der Waals surface area contributed by atoms with Crippen molar-refractivity contribution in [3.05, 3.63) is 70.8 Å². The Bertz CT molecular complexity index is 927. The first-order chi connectivity index (χ1) is 15.2. The smallest absolute Gasteiger partial charge is 0.299 e. The first-order valence-corrected chi connectivity index (χ1v) is 10.7. The first-order valence-electron chi connectivity index (χ1n) is 10.7. The second kappa shape index (κ2) is 10.2. The normalized spacial score (nSPS) is 15.4. The van der Waals surface area contributed by atoms with Crippen LogP contribution in [-0.2, 0) is 24.3 Å². The number of benzene rings is 2. The summed E-state index contributed by atoms with van der Waals surface area (Å²) < 4.78 is 83.0. The summed E-state index contributed by atoms with van der Waals surface area (Å²) in [5, 5.41) is 10.1. The Balaban J connectivity index is 2.48. The molecule has 2 aromatic rings. The molecule has 0 spiro atoms. The average Bonchev–Trinajstić information content (AvgIpc) is 2.73. The number of nitrogens with zero attached hydrogens (tertiary/aromatic N) is 2. The number of rotatable bonds is 8. The number of nitriles is 1. The second-order valence-electron chi connectivity index (χ2n) is 8.75. The summed E-state index contributed by atoms with van der Waals surface area (Å²) in [5.74, 6) is -0.779. The molecule has 2 rings (SSSR count). The van der Waals surface area contributed by atoms with Crippen molar-refractivity contribution in [2.75, 3.05) is 7.05 Å². The standard InChI is InChI=1S/C25H28F6N2/c1-17(2)23(16-32,14-13-18(3)33(4)15-19-9-6-5-7-10-19)22-20(24(26,27)28)11-8-12-21(22)25(29,30)31/h5-12,17-18H,13-15H2,1-4H3. The van der Waals surface area contributed by atoms with Crippen LogP contribution in [0.25, 0.3) is 0 Å². The summed E-state index contributed by atoms with van der Waals surface area (Å²) >= 11 is 0. The van der Waals surface area contributed by atoms with E-state index in [1.807, 2.05) is 55.3 Å². The molecule has 0 aliphatic heterocycles. The van der Waals surface area contributed by atoms with Gasteiger partial charge < -0.3 is 0 Å². The fraction of sp³-hybridized carbons (Fsp3) is 0.480. The second-order valence-corrected chi connectivity index (χ2v) is 8.75. The van der Waals surface area contributed by atoms with Crippen LogP contribution in [0.5, 0.6) is 0 Å². The van der Waals surface area contributed by atoms with Crippen molar-refractivity contribution in [3.63, 3.8) is 0 Å². The van der Waals surface area contributed by atoms with E-state index in [2.05, 4.69) is 0 Å². The van der Waals surface area contributed by atoms with Gasteiger partial charge in [-0.05, 0) is 56.0 Å². The highest BCUT2D eigenvalue weighted by atomic mass is 19.4. The van der Waals surface area contributed by atoms with Gasteiger partial charge in [0, 0.05) is 12.6 Å². The van der Waals surface area contributed by atoms with E-state index in [-0.39, 0.29) is 18.9 Å². The van der Waals surface area contributed by atoms with Crippen molar-refractivity contribution in [1.29, 1.82) is 5.26 Å². The number of halogens is 6. The van der Waals surface area contributed by atoms with E-state index >= 15 is 0 Å². The van der Waals surface area contributed by atoms with Crippen molar-refractivity contribution in [1.82, 2.24) is 4.90 Å². The van der Waals surface area contributed by atoms with Crippen molar-refractivity contribution in [2.45, 2.75) is 64.0 Å². The van der Waals surface area contributed by atoms with E-state index in [4.69, 9.17) is 0 Å². The molecule has 0 bridgehead atoms. The molecule has 180 valence electrons. The summed E-state index contributed by atoms with van der Waals surface area (Å²) in [5.41, 5.74) is -4.71. The molecule has 2 nitrogen and oxygen atoms in total.